The third-order valence-corrected chi connectivity index (χ3v) is 1.40. The lowest BCUT2D eigenvalue weighted by Crippen LogP contribution is -2.36. The predicted molar refractivity (Wildman–Crippen MR) is 35.7 cm³/mol. The molecule has 1 rings (SSSR count). The van der Waals surface area contributed by atoms with Gasteiger partial charge in [0.25, 0.3) is 5.91 Å². The summed E-state index contributed by atoms with van der Waals surface area (Å²) in [6.07, 6.45) is 1.77. The minimum Gasteiger partial charge on any atom is -0.328 e. The van der Waals surface area contributed by atoms with Crippen LogP contribution in [0.5, 0.6) is 0 Å². The molecule has 1 aliphatic heterocycles. The molecule has 0 saturated heterocycles. The predicted octanol–water partition coefficient (Wildman–Crippen LogP) is 1.05. The van der Waals surface area contributed by atoms with Crippen molar-refractivity contribution in [2.24, 2.45) is 5.41 Å². The van der Waals surface area contributed by atoms with Gasteiger partial charge in [0.05, 0.1) is 0 Å². The van der Waals surface area contributed by atoms with Crippen LogP contribution in [0.2, 0.25) is 0 Å². The largest absolute Gasteiger partial charge is 0.328 e. The van der Waals surface area contributed by atoms with Gasteiger partial charge in [-0.2, -0.15) is 0 Å². The molecule has 0 aromatic heterocycles. The Morgan fingerprint density at radius 1 is 1.44 bits per heavy atom. The van der Waals surface area contributed by atoms with E-state index in [2.05, 4.69) is 5.32 Å². The molecular formula is C7H11NO. The monoisotopic (exact) mass is 125 g/mol. The van der Waals surface area contributed by atoms with Crippen LogP contribution in [0.15, 0.2) is 11.8 Å². The zero-order valence-electron chi connectivity index (χ0n) is 5.99. The van der Waals surface area contributed by atoms with Crippen molar-refractivity contribution in [3.8, 4) is 0 Å². The normalized spacial score (nSPS) is 18.1. The minimum atomic E-state index is 0.0162. The third kappa shape index (κ3) is 0.969. The van der Waals surface area contributed by atoms with Crippen LogP contribution in [-0.4, -0.2) is 5.91 Å². The van der Waals surface area contributed by atoms with Crippen LogP contribution < -0.4 is 5.32 Å². The fourth-order valence-electron chi connectivity index (χ4n) is 0.760. The second kappa shape index (κ2) is 1.59. The molecule has 0 atom stereocenters. The molecule has 1 heterocycles. The van der Waals surface area contributed by atoms with Gasteiger partial charge in [-0.25, -0.2) is 0 Å². The topological polar surface area (TPSA) is 29.1 Å². The highest BCUT2D eigenvalue weighted by atomic mass is 16.2. The SMILES string of the molecule is CC(C)(C)C1=CNC1=O. The van der Waals surface area contributed by atoms with E-state index in [-0.39, 0.29) is 11.3 Å². The number of carbonyl (C=O) groups excluding carboxylic acids is 1. The number of carbonyl (C=O) groups is 1. The lowest BCUT2D eigenvalue weighted by atomic mass is 9.84. The summed E-state index contributed by atoms with van der Waals surface area (Å²) in [4.78, 5) is 10.7. The van der Waals surface area contributed by atoms with E-state index in [9.17, 15) is 4.79 Å². The molecule has 0 unspecified atom stereocenters. The molecule has 9 heavy (non-hydrogen) atoms. The van der Waals surface area contributed by atoms with E-state index in [1.165, 1.54) is 0 Å². The molecule has 1 N–H and O–H groups in total. The number of rotatable bonds is 0. The summed E-state index contributed by atoms with van der Waals surface area (Å²) in [6.45, 7) is 6.08. The minimum absolute atomic E-state index is 0.0162. The maximum absolute atomic E-state index is 10.7. The Morgan fingerprint density at radius 3 is 2.00 bits per heavy atom. The molecule has 2 heteroatoms. The van der Waals surface area contributed by atoms with Crippen LogP contribution in [0.4, 0.5) is 0 Å². The van der Waals surface area contributed by atoms with Crippen LogP contribution in [0.25, 0.3) is 0 Å². The first-order valence-corrected chi connectivity index (χ1v) is 3.03. The zero-order valence-corrected chi connectivity index (χ0v) is 5.99. The fraction of sp³-hybridized carbons (Fsp3) is 0.571. The quantitative estimate of drug-likeness (QED) is 0.515. The van der Waals surface area contributed by atoms with Crippen molar-refractivity contribution in [3.05, 3.63) is 11.8 Å². The Hall–Kier alpha value is -0.790. The third-order valence-electron chi connectivity index (χ3n) is 1.40. The number of nitrogens with one attached hydrogen (secondary N) is 1. The average molecular weight is 125 g/mol. The van der Waals surface area contributed by atoms with Crippen molar-refractivity contribution in [1.82, 2.24) is 5.32 Å². The van der Waals surface area contributed by atoms with E-state index in [0.717, 1.165) is 5.57 Å². The van der Waals surface area contributed by atoms with Crippen molar-refractivity contribution >= 4 is 5.91 Å². The highest BCUT2D eigenvalue weighted by Gasteiger charge is 2.28. The zero-order chi connectivity index (χ0) is 7.07. The van der Waals surface area contributed by atoms with Crippen LogP contribution >= 0.6 is 0 Å². The van der Waals surface area contributed by atoms with Gasteiger partial charge in [-0.05, 0) is 5.41 Å². The van der Waals surface area contributed by atoms with Crippen LogP contribution in [-0.2, 0) is 4.79 Å². The van der Waals surface area contributed by atoms with E-state index in [1.807, 2.05) is 20.8 Å². The average Bonchev–Trinajstić information content (AvgIpc) is 1.57. The van der Waals surface area contributed by atoms with E-state index in [0.29, 0.717) is 0 Å². The van der Waals surface area contributed by atoms with E-state index in [4.69, 9.17) is 0 Å². The molecule has 0 saturated carbocycles. The summed E-state index contributed by atoms with van der Waals surface area (Å²) in [7, 11) is 0. The molecule has 0 spiro atoms. The molecule has 50 valence electrons. The summed E-state index contributed by atoms with van der Waals surface area (Å²) in [6, 6.07) is 0. The Bertz CT molecular complexity index is 174. The van der Waals surface area contributed by atoms with Gasteiger partial charge >= 0.3 is 0 Å². The lowest BCUT2D eigenvalue weighted by molar-refractivity contribution is -0.119. The second-order valence-electron chi connectivity index (χ2n) is 3.28. The van der Waals surface area contributed by atoms with Gasteiger partial charge in [-0.15, -0.1) is 0 Å². The van der Waals surface area contributed by atoms with Crippen LogP contribution in [0, 0.1) is 5.41 Å². The Kier molecular flexibility index (Phi) is 1.12. The van der Waals surface area contributed by atoms with Gasteiger partial charge < -0.3 is 5.32 Å². The maximum atomic E-state index is 10.7. The van der Waals surface area contributed by atoms with Gasteiger partial charge in [0.2, 0.25) is 0 Å². The van der Waals surface area contributed by atoms with Crippen LogP contribution in [0.1, 0.15) is 20.8 Å². The molecule has 2 nitrogen and oxygen atoms in total. The van der Waals surface area contributed by atoms with Gasteiger partial charge in [-0.3, -0.25) is 4.79 Å². The standard InChI is InChI=1S/C7H11NO/c1-7(2,3)5-4-8-6(5)9/h4H,1-3H3,(H,8,9). The molecule has 0 aliphatic carbocycles. The van der Waals surface area contributed by atoms with Crippen molar-refractivity contribution < 1.29 is 4.79 Å². The highest BCUT2D eigenvalue weighted by Crippen LogP contribution is 2.27. The summed E-state index contributed by atoms with van der Waals surface area (Å²) < 4.78 is 0. The maximum Gasteiger partial charge on any atom is 0.253 e. The Balaban J connectivity index is 2.76. The molecule has 0 bridgehead atoms. The lowest BCUT2D eigenvalue weighted by Gasteiger charge is -2.26. The van der Waals surface area contributed by atoms with Gasteiger partial charge in [0.15, 0.2) is 0 Å². The van der Waals surface area contributed by atoms with Crippen LogP contribution in [0.3, 0.4) is 0 Å². The number of amides is 1. The van der Waals surface area contributed by atoms with E-state index >= 15 is 0 Å². The molecule has 0 aromatic rings. The molecule has 0 radical (unpaired) electrons. The summed E-state index contributed by atoms with van der Waals surface area (Å²) >= 11 is 0. The second-order valence-corrected chi connectivity index (χ2v) is 3.28. The Labute approximate surface area is 54.9 Å². The van der Waals surface area contributed by atoms with Crippen molar-refractivity contribution in [3.63, 3.8) is 0 Å². The van der Waals surface area contributed by atoms with Crippen molar-refractivity contribution in [2.45, 2.75) is 20.8 Å². The smallest absolute Gasteiger partial charge is 0.253 e. The molecule has 0 aromatic carbocycles. The number of hydrogen-bond donors (Lipinski definition) is 1. The Morgan fingerprint density at radius 2 is 2.00 bits per heavy atom. The van der Waals surface area contributed by atoms with Gasteiger partial charge in [0.1, 0.15) is 0 Å². The summed E-state index contributed by atoms with van der Waals surface area (Å²) in [5, 5.41) is 2.56. The molecule has 1 amide bonds. The van der Waals surface area contributed by atoms with E-state index in [1.54, 1.807) is 6.20 Å². The van der Waals surface area contributed by atoms with Gasteiger partial charge in [0, 0.05) is 11.8 Å². The van der Waals surface area contributed by atoms with Crippen molar-refractivity contribution in [2.75, 3.05) is 0 Å². The molecular weight excluding hydrogens is 114 g/mol. The summed E-state index contributed by atoms with van der Waals surface area (Å²) in [5.41, 5.74) is 0.907. The van der Waals surface area contributed by atoms with E-state index < -0.39 is 0 Å². The fourth-order valence-corrected chi connectivity index (χ4v) is 0.760. The molecule has 1 aliphatic rings. The number of hydrogen-bond acceptors (Lipinski definition) is 1. The first kappa shape index (κ1) is 6.33. The highest BCUT2D eigenvalue weighted by molar-refractivity contribution is 6.00. The first-order chi connectivity index (χ1) is 4.02. The van der Waals surface area contributed by atoms with Gasteiger partial charge in [-0.1, -0.05) is 20.8 Å². The molecule has 0 fully saturated rings. The van der Waals surface area contributed by atoms with Crippen molar-refractivity contribution in [1.29, 1.82) is 0 Å². The summed E-state index contributed by atoms with van der Waals surface area (Å²) in [5.74, 6) is 0.0718. The first-order valence-electron chi connectivity index (χ1n) is 3.03.